The maximum atomic E-state index is 12.3. The predicted octanol–water partition coefficient (Wildman–Crippen LogP) is 2.94. The van der Waals surface area contributed by atoms with Crippen molar-refractivity contribution in [2.45, 2.75) is 6.92 Å². The third-order valence-corrected chi connectivity index (χ3v) is 3.00. The van der Waals surface area contributed by atoms with Crippen molar-refractivity contribution >= 4 is 17.3 Å². The van der Waals surface area contributed by atoms with Crippen molar-refractivity contribution in [1.29, 1.82) is 0 Å². The lowest BCUT2D eigenvalue weighted by Crippen LogP contribution is -2.26. The van der Waals surface area contributed by atoms with Gasteiger partial charge in [0.25, 0.3) is 5.91 Å². The van der Waals surface area contributed by atoms with Crippen molar-refractivity contribution in [3.8, 4) is 5.75 Å². The number of amides is 1. The van der Waals surface area contributed by atoms with E-state index < -0.39 is 0 Å². The summed E-state index contributed by atoms with van der Waals surface area (Å²) in [5.74, 6) is 0.721. The summed E-state index contributed by atoms with van der Waals surface area (Å²) in [5.41, 5.74) is 7.69. The summed E-state index contributed by atoms with van der Waals surface area (Å²) in [4.78, 5) is 13.9. The Morgan fingerprint density at radius 3 is 2.25 bits per heavy atom. The number of carbonyl (C=O) groups is 1. The molecular weight excluding hydrogens is 252 g/mol. The lowest BCUT2D eigenvalue weighted by atomic mass is 10.1. The Bertz CT molecular complexity index is 576. The third-order valence-electron chi connectivity index (χ3n) is 3.00. The summed E-state index contributed by atoms with van der Waals surface area (Å²) >= 11 is 0. The molecule has 4 nitrogen and oxygen atoms in total. The maximum absolute atomic E-state index is 12.3. The summed E-state index contributed by atoms with van der Waals surface area (Å²) in [6.07, 6.45) is 0. The van der Waals surface area contributed by atoms with Crippen molar-refractivity contribution < 1.29 is 9.53 Å². The van der Waals surface area contributed by atoms with Gasteiger partial charge >= 0.3 is 0 Å². The van der Waals surface area contributed by atoms with Crippen LogP contribution in [0.5, 0.6) is 5.75 Å². The van der Waals surface area contributed by atoms with Crippen LogP contribution in [0.25, 0.3) is 0 Å². The molecule has 0 aliphatic rings. The molecule has 0 heterocycles. The Morgan fingerprint density at radius 2 is 1.70 bits per heavy atom. The van der Waals surface area contributed by atoms with E-state index in [0.717, 1.165) is 11.4 Å². The zero-order valence-electron chi connectivity index (χ0n) is 11.7. The van der Waals surface area contributed by atoms with Gasteiger partial charge in [-0.1, -0.05) is 0 Å². The minimum Gasteiger partial charge on any atom is -0.494 e. The fraction of sp³-hybridized carbons (Fsp3) is 0.188. The molecule has 2 rings (SSSR count). The molecule has 0 spiro atoms. The van der Waals surface area contributed by atoms with Crippen LogP contribution in [-0.2, 0) is 0 Å². The first-order valence-electron chi connectivity index (χ1n) is 6.48. The average molecular weight is 270 g/mol. The second-order valence-corrected chi connectivity index (χ2v) is 4.41. The Kier molecular flexibility index (Phi) is 4.25. The van der Waals surface area contributed by atoms with Crippen molar-refractivity contribution in [2.75, 3.05) is 24.3 Å². The number of benzene rings is 2. The molecule has 0 radical (unpaired) electrons. The number of hydrogen-bond acceptors (Lipinski definition) is 3. The predicted molar refractivity (Wildman–Crippen MR) is 81.2 cm³/mol. The van der Waals surface area contributed by atoms with E-state index in [4.69, 9.17) is 10.5 Å². The Hall–Kier alpha value is -2.49. The van der Waals surface area contributed by atoms with Crippen LogP contribution in [0.2, 0.25) is 0 Å². The van der Waals surface area contributed by atoms with Gasteiger partial charge in [0, 0.05) is 24.0 Å². The first-order valence-corrected chi connectivity index (χ1v) is 6.48. The van der Waals surface area contributed by atoms with Crippen LogP contribution >= 0.6 is 0 Å². The van der Waals surface area contributed by atoms with Crippen LogP contribution in [0.1, 0.15) is 17.3 Å². The largest absolute Gasteiger partial charge is 0.494 e. The molecule has 0 aromatic heterocycles. The second-order valence-electron chi connectivity index (χ2n) is 4.41. The summed E-state index contributed by atoms with van der Waals surface area (Å²) in [5, 5.41) is 0. The number of rotatable bonds is 4. The topological polar surface area (TPSA) is 55.6 Å². The van der Waals surface area contributed by atoms with Crippen molar-refractivity contribution in [3.05, 3.63) is 54.1 Å². The number of anilines is 2. The van der Waals surface area contributed by atoms with Gasteiger partial charge in [0.15, 0.2) is 0 Å². The van der Waals surface area contributed by atoms with Gasteiger partial charge in [0.1, 0.15) is 5.75 Å². The van der Waals surface area contributed by atoms with Crippen LogP contribution in [0.3, 0.4) is 0 Å². The highest BCUT2D eigenvalue weighted by Crippen LogP contribution is 2.20. The van der Waals surface area contributed by atoms with E-state index in [0.29, 0.717) is 17.9 Å². The van der Waals surface area contributed by atoms with Crippen LogP contribution in [0.15, 0.2) is 48.5 Å². The van der Waals surface area contributed by atoms with Gasteiger partial charge in [0.2, 0.25) is 0 Å². The minimum atomic E-state index is -0.0749. The van der Waals surface area contributed by atoms with E-state index in [1.165, 1.54) is 0 Å². The molecule has 4 heteroatoms. The van der Waals surface area contributed by atoms with Gasteiger partial charge in [-0.15, -0.1) is 0 Å². The van der Waals surface area contributed by atoms with Crippen LogP contribution in [-0.4, -0.2) is 19.6 Å². The molecule has 104 valence electrons. The first kappa shape index (κ1) is 13.9. The minimum absolute atomic E-state index is 0.0749. The SMILES string of the molecule is CCOc1ccc(N(C)C(=O)c2ccc(N)cc2)cc1. The van der Waals surface area contributed by atoms with Crippen LogP contribution in [0, 0.1) is 0 Å². The highest BCUT2D eigenvalue weighted by molar-refractivity contribution is 6.05. The molecule has 1 amide bonds. The maximum Gasteiger partial charge on any atom is 0.258 e. The summed E-state index contributed by atoms with van der Waals surface area (Å²) in [7, 11) is 1.74. The molecule has 0 aliphatic heterocycles. The van der Waals surface area contributed by atoms with E-state index in [9.17, 15) is 4.79 Å². The molecule has 2 aromatic rings. The number of nitrogens with zero attached hydrogens (tertiary/aromatic N) is 1. The fourth-order valence-electron chi connectivity index (χ4n) is 1.87. The zero-order valence-corrected chi connectivity index (χ0v) is 11.7. The summed E-state index contributed by atoms with van der Waals surface area (Å²) in [6, 6.07) is 14.3. The Balaban J connectivity index is 2.15. The fourth-order valence-corrected chi connectivity index (χ4v) is 1.87. The van der Waals surface area contributed by atoms with Crippen LogP contribution in [0.4, 0.5) is 11.4 Å². The number of nitrogens with two attached hydrogens (primary N) is 1. The molecule has 20 heavy (non-hydrogen) atoms. The second kappa shape index (κ2) is 6.10. The van der Waals surface area contributed by atoms with E-state index in [-0.39, 0.29) is 5.91 Å². The monoisotopic (exact) mass is 270 g/mol. The molecule has 0 fully saturated rings. The Labute approximate surface area is 118 Å². The molecule has 0 atom stereocenters. The Morgan fingerprint density at radius 1 is 1.10 bits per heavy atom. The van der Waals surface area contributed by atoms with Gasteiger partial charge in [-0.3, -0.25) is 4.79 Å². The van der Waals surface area contributed by atoms with Gasteiger partial charge in [-0.25, -0.2) is 0 Å². The number of nitrogen functional groups attached to an aromatic ring is 1. The lowest BCUT2D eigenvalue weighted by Gasteiger charge is -2.18. The standard InChI is InChI=1S/C16H18N2O2/c1-3-20-15-10-8-14(9-11-15)18(2)16(19)12-4-6-13(17)7-5-12/h4-11H,3,17H2,1-2H3. The molecule has 0 aliphatic carbocycles. The highest BCUT2D eigenvalue weighted by atomic mass is 16.5. The normalized spacial score (nSPS) is 10.1. The number of hydrogen-bond donors (Lipinski definition) is 1. The smallest absolute Gasteiger partial charge is 0.258 e. The quantitative estimate of drug-likeness (QED) is 0.869. The first-order chi connectivity index (χ1) is 9.61. The van der Waals surface area contributed by atoms with Crippen molar-refractivity contribution in [2.24, 2.45) is 0 Å². The zero-order chi connectivity index (χ0) is 14.5. The third kappa shape index (κ3) is 3.09. The van der Waals surface area contributed by atoms with Crippen molar-refractivity contribution in [3.63, 3.8) is 0 Å². The highest BCUT2D eigenvalue weighted by Gasteiger charge is 2.13. The van der Waals surface area contributed by atoms with Gasteiger partial charge in [-0.2, -0.15) is 0 Å². The molecule has 0 unspecified atom stereocenters. The molecule has 0 bridgehead atoms. The summed E-state index contributed by atoms with van der Waals surface area (Å²) < 4.78 is 5.38. The van der Waals surface area contributed by atoms with Gasteiger partial charge in [-0.05, 0) is 55.5 Å². The number of carbonyl (C=O) groups excluding carboxylic acids is 1. The van der Waals surface area contributed by atoms with Gasteiger partial charge < -0.3 is 15.4 Å². The molecule has 0 saturated carbocycles. The van der Waals surface area contributed by atoms with E-state index >= 15 is 0 Å². The molecule has 0 saturated heterocycles. The average Bonchev–Trinajstić information content (AvgIpc) is 2.48. The van der Waals surface area contributed by atoms with Crippen molar-refractivity contribution in [1.82, 2.24) is 0 Å². The molecule has 2 aromatic carbocycles. The van der Waals surface area contributed by atoms with E-state index in [2.05, 4.69) is 0 Å². The molecule has 2 N–H and O–H groups in total. The lowest BCUT2D eigenvalue weighted by molar-refractivity contribution is 0.0993. The van der Waals surface area contributed by atoms with Crippen LogP contribution < -0.4 is 15.4 Å². The summed E-state index contributed by atoms with van der Waals surface area (Å²) in [6.45, 7) is 2.56. The van der Waals surface area contributed by atoms with E-state index in [1.807, 2.05) is 31.2 Å². The van der Waals surface area contributed by atoms with E-state index in [1.54, 1.807) is 36.2 Å². The van der Waals surface area contributed by atoms with Gasteiger partial charge in [0.05, 0.1) is 6.61 Å². The molecular formula is C16H18N2O2. The number of ether oxygens (including phenoxy) is 1.